The van der Waals surface area contributed by atoms with Gasteiger partial charge < -0.3 is 9.84 Å². The number of phenols is 1. The van der Waals surface area contributed by atoms with Crippen LogP contribution in [0.5, 0.6) is 17.5 Å². The van der Waals surface area contributed by atoms with Crippen LogP contribution >= 0.6 is 15.9 Å². The third kappa shape index (κ3) is 2.12. The van der Waals surface area contributed by atoms with Crippen molar-refractivity contribution in [1.82, 2.24) is 9.55 Å². The van der Waals surface area contributed by atoms with Gasteiger partial charge in [0.05, 0.1) is 6.20 Å². The van der Waals surface area contributed by atoms with E-state index in [2.05, 4.69) is 20.9 Å². The van der Waals surface area contributed by atoms with Crippen LogP contribution in [0.1, 0.15) is 0 Å². The summed E-state index contributed by atoms with van der Waals surface area (Å²) in [5.74, 6) is 0.845. The van der Waals surface area contributed by atoms with Crippen LogP contribution < -0.4 is 4.74 Å². The minimum atomic E-state index is 0.211. The number of hydrogen-bond acceptors (Lipinski definition) is 3. The zero-order valence-electron chi connectivity index (χ0n) is 8.01. The zero-order chi connectivity index (χ0) is 10.8. The second-order valence-corrected chi connectivity index (χ2v) is 3.83. The largest absolute Gasteiger partial charge is 0.508 e. The zero-order valence-corrected chi connectivity index (χ0v) is 9.60. The van der Waals surface area contributed by atoms with Crippen molar-refractivity contribution in [3.05, 3.63) is 35.1 Å². The van der Waals surface area contributed by atoms with Gasteiger partial charge in [0.1, 0.15) is 16.1 Å². The van der Waals surface area contributed by atoms with Crippen LogP contribution in [-0.2, 0) is 7.05 Å². The van der Waals surface area contributed by atoms with E-state index in [1.807, 2.05) is 7.05 Å². The third-order valence-electron chi connectivity index (χ3n) is 1.93. The van der Waals surface area contributed by atoms with Gasteiger partial charge in [0, 0.05) is 7.05 Å². The molecule has 0 amide bonds. The molecule has 2 aromatic rings. The molecule has 0 saturated heterocycles. The summed E-state index contributed by atoms with van der Waals surface area (Å²) in [4.78, 5) is 4.06. The highest BCUT2D eigenvalue weighted by Crippen LogP contribution is 2.24. The second kappa shape index (κ2) is 3.94. The van der Waals surface area contributed by atoms with Crippen molar-refractivity contribution in [3.63, 3.8) is 0 Å². The Morgan fingerprint density at radius 2 is 2.00 bits per heavy atom. The summed E-state index contributed by atoms with van der Waals surface area (Å²) < 4.78 is 8.11. The Morgan fingerprint density at radius 1 is 1.33 bits per heavy atom. The molecular formula is C10H9BrN2O2. The first-order valence-electron chi connectivity index (χ1n) is 4.31. The van der Waals surface area contributed by atoms with Crippen LogP contribution in [0.3, 0.4) is 0 Å². The van der Waals surface area contributed by atoms with Gasteiger partial charge in [0.2, 0.25) is 0 Å². The van der Waals surface area contributed by atoms with Crippen LogP contribution in [0.15, 0.2) is 35.1 Å². The maximum absolute atomic E-state index is 9.10. The van der Waals surface area contributed by atoms with Gasteiger partial charge in [-0.25, -0.2) is 4.98 Å². The summed E-state index contributed by atoms with van der Waals surface area (Å²) in [6, 6.07) is 6.98. The molecule has 1 aromatic heterocycles. The summed E-state index contributed by atoms with van der Waals surface area (Å²) in [6.45, 7) is 0. The molecule has 15 heavy (non-hydrogen) atoms. The van der Waals surface area contributed by atoms with E-state index in [9.17, 15) is 0 Å². The smallest absolute Gasteiger partial charge is 0.302 e. The predicted molar refractivity (Wildman–Crippen MR) is 59.1 cm³/mol. The summed E-state index contributed by atoms with van der Waals surface area (Å²) in [5, 5.41) is 9.10. The molecule has 1 aromatic carbocycles. The molecule has 0 aliphatic carbocycles. The summed E-state index contributed by atoms with van der Waals surface area (Å²) in [5.41, 5.74) is 0. The highest BCUT2D eigenvalue weighted by molar-refractivity contribution is 9.10. The fourth-order valence-electron chi connectivity index (χ4n) is 1.09. The van der Waals surface area contributed by atoms with E-state index in [0.717, 1.165) is 4.60 Å². The maximum Gasteiger partial charge on any atom is 0.302 e. The number of halogens is 1. The van der Waals surface area contributed by atoms with Crippen LogP contribution in [0.2, 0.25) is 0 Å². The normalized spacial score (nSPS) is 10.3. The van der Waals surface area contributed by atoms with E-state index >= 15 is 0 Å². The number of imidazole rings is 1. The molecular weight excluding hydrogens is 260 g/mol. The van der Waals surface area contributed by atoms with Gasteiger partial charge in [0.15, 0.2) is 0 Å². The van der Waals surface area contributed by atoms with Crippen molar-refractivity contribution < 1.29 is 9.84 Å². The molecule has 0 spiro atoms. The summed E-state index contributed by atoms with van der Waals surface area (Å²) >= 11 is 3.32. The van der Waals surface area contributed by atoms with E-state index in [1.165, 1.54) is 0 Å². The lowest BCUT2D eigenvalue weighted by Crippen LogP contribution is -1.94. The van der Waals surface area contributed by atoms with Gasteiger partial charge >= 0.3 is 6.01 Å². The highest BCUT2D eigenvalue weighted by Gasteiger charge is 2.05. The average molecular weight is 269 g/mol. The summed E-state index contributed by atoms with van der Waals surface area (Å²) in [7, 11) is 1.84. The van der Waals surface area contributed by atoms with Crippen molar-refractivity contribution in [2.24, 2.45) is 7.05 Å². The number of ether oxygens (including phenoxy) is 1. The van der Waals surface area contributed by atoms with E-state index in [1.54, 1.807) is 35.0 Å². The molecule has 0 fully saturated rings. The van der Waals surface area contributed by atoms with Gasteiger partial charge in [-0.3, -0.25) is 4.57 Å². The fourth-order valence-corrected chi connectivity index (χ4v) is 1.34. The molecule has 0 saturated carbocycles. The highest BCUT2D eigenvalue weighted by atomic mass is 79.9. The first kappa shape index (κ1) is 10.0. The quantitative estimate of drug-likeness (QED) is 0.911. The molecule has 0 radical (unpaired) electrons. The van der Waals surface area contributed by atoms with E-state index in [4.69, 9.17) is 9.84 Å². The third-order valence-corrected chi connectivity index (χ3v) is 2.67. The average Bonchev–Trinajstić information content (AvgIpc) is 2.53. The lowest BCUT2D eigenvalue weighted by molar-refractivity contribution is 0.421. The number of rotatable bonds is 2. The first-order chi connectivity index (χ1) is 7.16. The molecule has 4 nitrogen and oxygen atoms in total. The molecule has 1 N–H and O–H groups in total. The van der Waals surface area contributed by atoms with E-state index < -0.39 is 0 Å². The Balaban J connectivity index is 2.22. The SMILES string of the molecule is Cn1c(Br)cnc1Oc1ccc(O)cc1. The molecule has 5 heteroatoms. The van der Waals surface area contributed by atoms with Gasteiger partial charge in [-0.2, -0.15) is 0 Å². The van der Waals surface area contributed by atoms with Crippen molar-refractivity contribution in [1.29, 1.82) is 0 Å². The lowest BCUT2D eigenvalue weighted by atomic mass is 10.3. The molecule has 0 aliphatic heterocycles. The van der Waals surface area contributed by atoms with Crippen molar-refractivity contribution in [3.8, 4) is 17.5 Å². The Hall–Kier alpha value is -1.49. The number of aromatic hydroxyl groups is 1. The minimum absolute atomic E-state index is 0.211. The minimum Gasteiger partial charge on any atom is -0.508 e. The van der Waals surface area contributed by atoms with Crippen LogP contribution in [-0.4, -0.2) is 14.7 Å². The van der Waals surface area contributed by atoms with Crippen molar-refractivity contribution in [2.75, 3.05) is 0 Å². The number of aromatic nitrogens is 2. The molecule has 0 aliphatic rings. The van der Waals surface area contributed by atoms with Crippen molar-refractivity contribution >= 4 is 15.9 Å². The van der Waals surface area contributed by atoms with Crippen LogP contribution in [0.4, 0.5) is 0 Å². The van der Waals surface area contributed by atoms with E-state index in [0.29, 0.717) is 11.8 Å². The molecule has 0 bridgehead atoms. The fraction of sp³-hybridized carbons (Fsp3) is 0.100. The number of benzene rings is 1. The first-order valence-corrected chi connectivity index (χ1v) is 5.10. The lowest BCUT2D eigenvalue weighted by Gasteiger charge is -2.04. The monoisotopic (exact) mass is 268 g/mol. The Labute approximate surface area is 95.3 Å². The van der Waals surface area contributed by atoms with Crippen LogP contribution in [0.25, 0.3) is 0 Å². The maximum atomic E-state index is 9.10. The Bertz CT molecular complexity index is 465. The topological polar surface area (TPSA) is 47.3 Å². The number of nitrogens with zero attached hydrogens (tertiary/aromatic N) is 2. The van der Waals surface area contributed by atoms with E-state index in [-0.39, 0.29) is 5.75 Å². The number of phenolic OH excluding ortho intramolecular Hbond substituents is 1. The summed E-state index contributed by atoms with van der Waals surface area (Å²) in [6.07, 6.45) is 1.66. The molecule has 78 valence electrons. The molecule has 2 rings (SSSR count). The van der Waals surface area contributed by atoms with Crippen molar-refractivity contribution in [2.45, 2.75) is 0 Å². The Kier molecular flexibility index (Phi) is 2.64. The van der Waals surface area contributed by atoms with Gasteiger partial charge in [-0.15, -0.1) is 0 Å². The number of hydrogen-bond donors (Lipinski definition) is 1. The van der Waals surface area contributed by atoms with Crippen LogP contribution in [0, 0.1) is 0 Å². The Morgan fingerprint density at radius 3 is 2.53 bits per heavy atom. The van der Waals surface area contributed by atoms with Gasteiger partial charge in [0.25, 0.3) is 0 Å². The molecule has 1 heterocycles. The predicted octanol–water partition coefficient (Wildman–Crippen LogP) is 2.68. The molecule has 0 atom stereocenters. The standard InChI is InChI=1S/C10H9BrN2O2/c1-13-9(11)6-12-10(13)15-8-4-2-7(14)3-5-8/h2-6,14H,1H3. The van der Waals surface area contributed by atoms with Gasteiger partial charge in [-0.05, 0) is 40.2 Å². The van der Waals surface area contributed by atoms with Gasteiger partial charge in [-0.1, -0.05) is 0 Å². The molecule has 0 unspecified atom stereocenters. The second-order valence-electron chi connectivity index (χ2n) is 3.02.